The Hall–Kier alpha value is -2.44. The highest BCUT2D eigenvalue weighted by Gasteiger charge is 2.34. The lowest BCUT2D eigenvalue weighted by Crippen LogP contribution is -2.20. The van der Waals surface area contributed by atoms with Crippen LogP contribution in [0, 0.1) is 6.92 Å². The molecule has 1 atom stereocenters. The topological polar surface area (TPSA) is 59.7 Å². The first-order valence-electron chi connectivity index (χ1n) is 6.37. The van der Waals surface area contributed by atoms with Gasteiger partial charge in [0.2, 0.25) is 0 Å². The van der Waals surface area contributed by atoms with E-state index in [0.29, 0.717) is 5.76 Å². The van der Waals surface area contributed by atoms with Crippen LogP contribution >= 0.6 is 0 Å². The number of ether oxygens (including phenoxy) is 1. The molecular formula is C15H13F3O4. The summed E-state index contributed by atoms with van der Waals surface area (Å²) >= 11 is 0. The third-order valence-corrected chi connectivity index (χ3v) is 3.00. The molecule has 7 heteroatoms. The van der Waals surface area contributed by atoms with Crippen LogP contribution < -0.4 is 4.74 Å². The van der Waals surface area contributed by atoms with Gasteiger partial charge in [-0.25, -0.2) is 0 Å². The molecular weight excluding hydrogens is 301 g/mol. The van der Waals surface area contributed by atoms with Crippen LogP contribution in [-0.4, -0.2) is 17.7 Å². The molecule has 1 aromatic carbocycles. The molecule has 1 heterocycles. The minimum Gasteiger partial charge on any atom is -0.492 e. The first-order chi connectivity index (χ1) is 10.3. The molecule has 4 nitrogen and oxygen atoms in total. The Bertz CT molecular complexity index is 661. The summed E-state index contributed by atoms with van der Waals surface area (Å²) in [5, 5.41) is 9.18. The van der Waals surface area contributed by atoms with E-state index in [1.165, 1.54) is 18.2 Å². The van der Waals surface area contributed by atoms with Crippen LogP contribution in [0.3, 0.4) is 0 Å². The molecule has 0 aliphatic heterocycles. The van der Waals surface area contributed by atoms with Crippen molar-refractivity contribution in [1.29, 1.82) is 0 Å². The Morgan fingerprint density at radius 1 is 1.27 bits per heavy atom. The largest absolute Gasteiger partial charge is 0.492 e. The number of para-hydroxylation sites is 1. The third-order valence-electron chi connectivity index (χ3n) is 3.00. The van der Waals surface area contributed by atoms with Crippen LogP contribution in [-0.2, 0) is 11.0 Å². The van der Waals surface area contributed by atoms with E-state index in [1.54, 1.807) is 13.0 Å². The summed E-state index contributed by atoms with van der Waals surface area (Å²) < 4.78 is 48.8. The predicted octanol–water partition coefficient (Wildman–Crippen LogP) is 3.85. The van der Waals surface area contributed by atoms with Crippen LogP contribution in [0.25, 0.3) is 0 Å². The minimum absolute atomic E-state index is 0.134. The van der Waals surface area contributed by atoms with Crippen molar-refractivity contribution in [2.75, 3.05) is 6.61 Å². The zero-order valence-corrected chi connectivity index (χ0v) is 11.6. The number of alkyl halides is 3. The van der Waals surface area contributed by atoms with E-state index in [1.807, 2.05) is 0 Å². The molecule has 0 amide bonds. The molecule has 118 valence electrons. The van der Waals surface area contributed by atoms with Crippen LogP contribution in [0.1, 0.15) is 23.0 Å². The summed E-state index contributed by atoms with van der Waals surface area (Å²) in [4.78, 5) is 11.3. The Morgan fingerprint density at radius 2 is 1.95 bits per heavy atom. The maximum absolute atomic E-state index is 12.8. The van der Waals surface area contributed by atoms with Gasteiger partial charge in [0.1, 0.15) is 29.8 Å². The monoisotopic (exact) mass is 314 g/mol. The van der Waals surface area contributed by atoms with Crippen molar-refractivity contribution in [3.05, 3.63) is 53.5 Å². The van der Waals surface area contributed by atoms with E-state index in [-0.39, 0.29) is 5.76 Å². The number of carboxylic acids is 1. The van der Waals surface area contributed by atoms with Gasteiger partial charge in [0, 0.05) is 0 Å². The van der Waals surface area contributed by atoms with E-state index in [9.17, 15) is 23.1 Å². The fourth-order valence-electron chi connectivity index (χ4n) is 1.92. The molecule has 2 rings (SSSR count). The van der Waals surface area contributed by atoms with Crippen LogP contribution in [0.15, 0.2) is 40.8 Å². The maximum Gasteiger partial charge on any atom is 0.419 e. The maximum atomic E-state index is 12.8. The van der Waals surface area contributed by atoms with E-state index in [0.717, 1.165) is 12.1 Å². The van der Waals surface area contributed by atoms with Crippen molar-refractivity contribution in [1.82, 2.24) is 0 Å². The summed E-state index contributed by atoms with van der Waals surface area (Å²) in [6.07, 6.45) is -4.57. The van der Waals surface area contributed by atoms with Crippen molar-refractivity contribution in [2.45, 2.75) is 19.0 Å². The number of benzene rings is 1. The van der Waals surface area contributed by atoms with Gasteiger partial charge in [0.25, 0.3) is 0 Å². The first-order valence-corrected chi connectivity index (χ1v) is 6.37. The Morgan fingerprint density at radius 3 is 2.50 bits per heavy atom. The zero-order chi connectivity index (χ0) is 16.3. The Labute approximate surface area is 124 Å². The van der Waals surface area contributed by atoms with Crippen LogP contribution in [0.2, 0.25) is 0 Å². The van der Waals surface area contributed by atoms with Gasteiger partial charge in [0.05, 0.1) is 5.56 Å². The molecule has 1 N–H and O–H groups in total. The molecule has 0 aliphatic carbocycles. The first kappa shape index (κ1) is 15.9. The van der Waals surface area contributed by atoms with Crippen molar-refractivity contribution in [3.8, 4) is 5.75 Å². The quantitative estimate of drug-likeness (QED) is 0.910. The summed E-state index contributed by atoms with van der Waals surface area (Å²) in [5.74, 6) is -2.19. The van der Waals surface area contributed by atoms with Crippen molar-refractivity contribution in [3.63, 3.8) is 0 Å². The van der Waals surface area contributed by atoms with Crippen molar-refractivity contribution < 1.29 is 32.2 Å². The average Bonchev–Trinajstić information content (AvgIpc) is 2.84. The van der Waals surface area contributed by atoms with Gasteiger partial charge in [-0.1, -0.05) is 12.1 Å². The van der Waals surface area contributed by atoms with Gasteiger partial charge in [-0.3, -0.25) is 4.79 Å². The van der Waals surface area contributed by atoms with E-state index < -0.39 is 36.0 Å². The van der Waals surface area contributed by atoms with Crippen molar-refractivity contribution >= 4 is 5.97 Å². The Balaban J connectivity index is 2.19. The number of halogens is 3. The SMILES string of the molecule is Cc1ccc(C(COc2ccccc2C(F)(F)F)C(=O)O)o1. The third kappa shape index (κ3) is 3.60. The molecule has 0 aliphatic rings. The van der Waals surface area contributed by atoms with Gasteiger partial charge in [-0.2, -0.15) is 13.2 Å². The molecule has 0 radical (unpaired) electrons. The summed E-state index contributed by atoms with van der Waals surface area (Å²) in [5.41, 5.74) is -0.949. The van der Waals surface area contributed by atoms with E-state index >= 15 is 0 Å². The molecule has 0 fully saturated rings. The number of hydrogen-bond donors (Lipinski definition) is 1. The lowest BCUT2D eigenvalue weighted by atomic mass is 10.1. The second kappa shape index (κ2) is 6.13. The summed E-state index contributed by atoms with van der Waals surface area (Å²) in [6.45, 7) is 1.18. The highest BCUT2D eigenvalue weighted by molar-refractivity contribution is 5.75. The van der Waals surface area contributed by atoms with Crippen LogP contribution in [0.4, 0.5) is 13.2 Å². The zero-order valence-electron chi connectivity index (χ0n) is 11.6. The van der Waals surface area contributed by atoms with Crippen molar-refractivity contribution in [2.24, 2.45) is 0 Å². The number of aryl methyl sites for hydroxylation is 1. The fraction of sp³-hybridized carbons (Fsp3) is 0.267. The smallest absolute Gasteiger partial charge is 0.419 e. The molecule has 0 saturated carbocycles. The van der Waals surface area contributed by atoms with Gasteiger partial charge in [-0.05, 0) is 31.2 Å². The molecule has 22 heavy (non-hydrogen) atoms. The number of aliphatic carboxylic acids is 1. The Kier molecular flexibility index (Phi) is 4.44. The van der Waals surface area contributed by atoms with Gasteiger partial charge >= 0.3 is 12.1 Å². The molecule has 0 bridgehead atoms. The van der Waals surface area contributed by atoms with Crippen LogP contribution in [0.5, 0.6) is 5.75 Å². The average molecular weight is 314 g/mol. The minimum atomic E-state index is -4.57. The number of hydrogen-bond acceptors (Lipinski definition) is 3. The number of carbonyl (C=O) groups is 1. The fourth-order valence-corrected chi connectivity index (χ4v) is 1.92. The summed E-state index contributed by atoms with van der Waals surface area (Å²) in [6, 6.07) is 7.69. The number of rotatable bonds is 5. The molecule has 2 aromatic rings. The highest BCUT2D eigenvalue weighted by atomic mass is 19.4. The number of carboxylic acid groups (broad SMARTS) is 1. The van der Waals surface area contributed by atoms with Gasteiger partial charge < -0.3 is 14.3 Å². The normalized spacial score (nSPS) is 12.9. The molecule has 1 aromatic heterocycles. The second-order valence-electron chi connectivity index (χ2n) is 4.64. The van der Waals surface area contributed by atoms with Gasteiger partial charge in [-0.15, -0.1) is 0 Å². The number of furan rings is 1. The molecule has 0 saturated heterocycles. The van der Waals surface area contributed by atoms with Gasteiger partial charge in [0.15, 0.2) is 0 Å². The molecule has 1 unspecified atom stereocenters. The molecule has 0 spiro atoms. The lowest BCUT2D eigenvalue weighted by Gasteiger charge is -2.16. The van der Waals surface area contributed by atoms with E-state index in [4.69, 9.17) is 9.15 Å². The highest BCUT2D eigenvalue weighted by Crippen LogP contribution is 2.36. The summed E-state index contributed by atoms with van der Waals surface area (Å²) in [7, 11) is 0. The van der Waals surface area contributed by atoms with E-state index in [2.05, 4.69) is 0 Å². The lowest BCUT2D eigenvalue weighted by molar-refractivity contribution is -0.140. The predicted molar refractivity (Wildman–Crippen MR) is 70.8 cm³/mol. The standard InChI is InChI=1S/C15H13F3O4/c1-9-6-7-12(22-9)10(14(19)20)8-21-13-5-3-2-4-11(13)15(16,17)18/h2-7,10H,8H2,1H3,(H,19,20). The second-order valence-corrected chi connectivity index (χ2v) is 4.64.